The van der Waals surface area contributed by atoms with E-state index in [2.05, 4.69) is 24.5 Å². The average Bonchev–Trinajstić information content (AvgIpc) is 2.83. The molecule has 1 unspecified atom stereocenters. The number of anilines is 1. The van der Waals surface area contributed by atoms with Gasteiger partial charge in [-0.05, 0) is 66.4 Å². The van der Waals surface area contributed by atoms with Gasteiger partial charge in [0.15, 0.2) is 6.10 Å². The molecule has 0 fully saturated rings. The number of carbonyl (C=O) groups is 3. The van der Waals surface area contributed by atoms with Gasteiger partial charge in [-0.2, -0.15) is 0 Å². The van der Waals surface area contributed by atoms with Crippen LogP contribution >= 0.6 is 0 Å². The summed E-state index contributed by atoms with van der Waals surface area (Å²) in [5.74, 6) is 0.391. The number of amides is 2. The third-order valence-electron chi connectivity index (χ3n) is 5.27. The van der Waals surface area contributed by atoms with Crippen LogP contribution in [0.5, 0.6) is 11.5 Å². The number of rotatable bonds is 9. The Morgan fingerprint density at radius 1 is 0.857 bits per heavy atom. The minimum atomic E-state index is -0.638. The van der Waals surface area contributed by atoms with E-state index in [0.717, 1.165) is 5.56 Å². The molecule has 1 atom stereocenters. The predicted octanol–water partition coefficient (Wildman–Crippen LogP) is 5.07. The summed E-state index contributed by atoms with van der Waals surface area (Å²) in [7, 11) is 0. The Balaban J connectivity index is 1.49. The summed E-state index contributed by atoms with van der Waals surface area (Å²) < 4.78 is 10.8. The van der Waals surface area contributed by atoms with E-state index in [4.69, 9.17) is 9.47 Å². The van der Waals surface area contributed by atoms with E-state index in [1.165, 1.54) is 18.6 Å². The quantitative estimate of drug-likeness (QED) is 0.334. The maximum absolute atomic E-state index is 12.5. The van der Waals surface area contributed by atoms with Crippen molar-refractivity contribution in [2.75, 3.05) is 5.32 Å². The van der Waals surface area contributed by atoms with Crippen LogP contribution in [-0.4, -0.2) is 23.9 Å². The van der Waals surface area contributed by atoms with Crippen LogP contribution in [0.25, 0.3) is 0 Å². The number of hydrogen-bond acceptors (Lipinski definition) is 5. The largest absolute Gasteiger partial charge is 0.481 e. The summed E-state index contributed by atoms with van der Waals surface area (Å²) in [6, 6.07) is 21.3. The zero-order valence-corrected chi connectivity index (χ0v) is 20.3. The molecule has 0 aliphatic carbocycles. The van der Waals surface area contributed by atoms with Crippen molar-refractivity contribution in [2.45, 2.75) is 46.3 Å². The number of ether oxygens (including phenoxy) is 2. The van der Waals surface area contributed by atoms with E-state index in [1.807, 2.05) is 36.4 Å². The minimum absolute atomic E-state index is 0.219. The fourth-order valence-corrected chi connectivity index (χ4v) is 3.30. The van der Waals surface area contributed by atoms with Crippen molar-refractivity contribution in [1.82, 2.24) is 5.32 Å². The van der Waals surface area contributed by atoms with Crippen molar-refractivity contribution in [3.05, 3.63) is 89.5 Å². The van der Waals surface area contributed by atoms with Crippen molar-refractivity contribution < 1.29 is 23.9 Å². The molecule has 0 spiro atoms. The predicted molar refractivity (Wildman–Crippen MR) is 135 cm³/mol. The molecule has 0 aliphatic rings. The van der Waals surface area contributed by atoms with E-state index >= 15 is 0 Å². The van der Waals surface area contributed by atoms with Crippen LogP contribution in [-0.2, 0) is 16.1 Å². The van der Waals surface area contributed by atoms with Gasteiger partial charge in [-0.25, -0.2) is 0 Å². The molecule has 35 heavy (non-hydrogen) atoms. The maximum atomic E-state index is 12.5. The molecule has 0 heterocycles. The molecule has 7 heteroatoms. The number of esters is 1. The Morgan fingerprint density at radius 2 is 1.54 bits per heavy atom. The second-order valence-corrected chi connectivity index (χ2v) is 8.47. The highest BCUT2D eigenvalue weighted by Gasteiger charge is 2.15. The summed E-state index contributed by atoms with van der Waals surface area (Å²) in [6.07, 6.45) is -0.638. The first kappa shape index (κ1) is 25.5. The Bertz CT molecular complexity index is 1170. The topological polar surface area (TPSA) is 93.7 Å². The monoisotopic (exact) mass is 474 g/mol. The van der Waals surface area contributed by atoms with Crippen molar-refractivity contribution in [3.8, 4) is 11.5 Å². The molecule has 3 rings (SSSR count). The normalized spacial score (nSPS) is 11.5. The minimum Gasteiger partial charge on any atom is -0.481 e. The van der Waals surface area contributed by atoms with Crippen LogP contribution < -0.4 is 20.1 Å². The standard InChI is InChI=1S/C28H30N2O5/c1-18(2)22-10-14-25(15-11-22)34-19(3)27(32)29-17-21-8-12-24(13-9-21)30-28(33)23-6-5-7-26(16-23)35-20(4)31/h5-16,18-19H,17H2,1-4H3,(H,29,32)(H,30,33). The molecule has 3 aromatic carbocycles. The lowest BCUT2D eigenvalue weighted by Crippen LogP contribution is -2.35. The first-order valence-electron chi connectivity index (χ1n) is 11.4. The molecule has 0 saturated carbocycles. The number of carbonyl (C=O) groups excluding carboxylic acids is 3. The first-order chi connectivity index (χ1) is 16.7. The molecule has 0 bridgehead atoms. The van der Waals surface area contributed by atoms with E-state index in [9.17, 15) is 14.4 Å². The summed E-state index contributed by atoms with van der Waals surface area (Å²) in [5, 5.41) is 5.66. The summed E-state index contributed by atoms with van der Waals surface area (Å²) in [4.78, 5) is 36.0. The summed E-state index contributed by atoms with van der Waals surface area (Å²) >= 11 is 0. The molecular formula is C28H30N2O5. The molecule has 2 amide bonds. The van der Waals surface area contributed by atoms with Crippen LogP contribution in [0.15, 0.2) is 72.8 Å². The highest BCUT2D eigenvalue weighted by atomic mass is 16.5. The van der Waals surface area contributed by atoms with E-state index in [-0.39, 0.29) is 11.8 Å². The van der Waals surface area contributed by atoms with Gasteiger partial charge in [0, 0.05) is 24.7 Å². The molecule has 0 radical (unpaired) electrons. The van der Waals surface area contributed by atoms with Gasteiger partial charge < -0.3 is 20.1 Å². The third-order valence-corrected chi connectivity index (χ3v) is 5.27. The van der Waals surface area contributed by atoms with Crippen LogP contribution in [0.3, 0.4) is 0 Å². The van der Waals surface area contributed by atoms with E-state index < -0.39 is 12.1 Å². The van der Waals surface area contributed by atoms with Crippen molar-refractivity contribution in [2.24, 2.45) is 0 Å². The maximum Gasteiger partial charge on any atom is 0.308 e. The van der Waals surface area contributed by atoms with E-state index in [1.54, 1.807) is 37.3 Å². The van der Waals surface area contributed by atoms with E-state index in [0.29, 0.717) is 35.2 Å². The Morgan fingerprint density at radius 3 is 2.17 bits per heavy atom. The van der Waals surface area contributed by atoms with Crippen molar-refractivity contribution >= 4 is 23.5 Å². The van der Waals surface area contributed by atoms with Crippen LogP contribution in [0.4, 0.5) is 5.69 Å². The van der Waals surface area contributed by atoms with Crippen LogP contribution in [0.2, 0.25) is 0 Å². The van der Waals surface area contributed by atoms with Gasteiger partial charge in [0.25, 0.3) is 11.8 Å². The molecule has 0 aliphatic heterocycles. The van der Waals surface area contributed by atoms with Gasteiger partial charge in [0.2, 0.25) is 0 Å². The van der Waals surface area contributed by atoms with Crippen molar-refractivity contribution in [3.63, 3.8) is 0 Å². The highest BCUT2D eigenvalue weighted by molar-refractivity contribution is 6.04. The molecule has 0 saturated heterocycles. The molecule has 182 valence electrons. The van der Waals surface area contributed by atoms with Gasteiger partial charge in [-0.1, -0.05) is 44.2 Å². The first-order valence-corrected chi connectivity index (χ1v) is 11.4. The SMILES string of the molecule is CC(=O)Oc1cccc(C(=O)Nc2ccc(CNC(=O)C(C)Oc3ccc(C(C)C)cc3)cc2)c1. The fraction of sp³-hybridized carbons (Fsp3) is 0.250. The second-order valence-electron chi connectivity index (χ2n) is 8.47. The molecule has 3 aromatic rings. The Kier molecular flexibility index (Phi) is 8.62. The fourth-order valence-electron chi connectivity index (χ4n) is 3.30. The number of nitrogens with one attached hydrogen (secondary N) is 2. The van der Waals surface area contributed by atoms with Gasteiger partial charge in [-0.15, -0.1) is 0 Å². The summed E-state index contributed by atoms with van der Waals surface area (Å²) in [6.45, 7) is 7.59. The lowest BCUT2D eigenvalue weighted by atomic mass is 10.0. The second kappa shape index (κ2) is 11.8. The molecular weight excluding hydrogens is 444 g/mol. The molecule has 0 aromatic heterocycles. The van der Waals surface area contributed by atoms with Gasteiger partial charge in [-0.3, -0.25) is 14.4 Å². The average molecular weight is 475 g/mol. The van der Waals surface area contributed by atoms with Crippen LogP contribution in [0.1, 0.15) is 55.1 Å². The van der Waals surface area contributed by atoms with Gasteiger partial charge in [0.05, 0.1) is 0 Å². The smallest absolute Gasteiger partial charge is 0.308 e. The third kappa shape index (κ3) is 7.71. The molecule has 7 nitrogen and oxygen atoms in total. The zero-order chi connectivity index (χ0) is 25.4. The summed E-state index contributed by atoms with van der Waals surface area (Å²) in [5.41, 5.74) is 3.06. The van der Waals surface area contributed by atoms with Crippen molar-refractivity contribution in [1.29, 1.82) is 0 Å². The highest BCUT2D eigenvalue weighted by Crippen LogP contribution is 2.20. The zero-order valence-electron chi connectivity index (χ0n) is 20.3. The lowest BCUT2D eigenvalue weighted by Gasteiger charge is -2.15. The lowest BCUT2D eigenvalue weighted by molar-refractivity contribution is -0.132. The Labute approximate surface area is 205 Å². The molecule has 2 N–H and O–H groups in total. The number of hydrogen-bond donors (Lipinski definition) is 2. The number of benzene rings is 3. The van der Waals surface area contributed by atoms with Gasteiger partial charge in [0.1, 0.15) is 11.5 Å². The van der Waals surface area contributed by atoms with Gasteiger partial charge >= 0.3 is 5.97 Å². The Hall–Kier alpha value is -4.13. The van der Waals surface area contributed by atoms with Crippen LogP contribution in [0, 0.1) is 0 Å².